The highest BCUT2D eigenvalue weighted by atomic mass is 32.2. The van der Waals surface area contributed by atoms with Crippen LogP contribution >= 0.6 is 0 Å². The third-order valence-corrected chi connectivity index (χ3v) is 6.67. The summed E-state index contributed by atoms with van der Waals surface area (Å²) in [6.07, 6.45) is 4.56. The molecule has 4 rings (SSSR count). The number of carbonyl (C=O) groups is 1. The number of rotatable bonds is 5. The minimum Gasteiger partial charge on any atom is -0.325 e. The second-order valence-electron chi connectivity index (χ2n) is 6.74. The summed E-state index contributed by atoms with van der Waals surface area (Å²) in [6.45, 7) is 0.847. The fourth-order valence-electron chi connectivity index (χ4n) is 3.25. The summed E-state index contributed by atoms with van der Waals surface area (Å²) in [6, 6.07) is 9.24. The van der Waals surface area contributed by atoms with Crippen LogP contribution in [-0.2, 0) is 21.4 Å². The van der Waals surface area contributed by atoms with Gasteiger partial charge in [0.2, 0.25) is 15.9 Å². The van der Waals surface area contributed by atoms with E-state index in [2.05, 4.69) is 15.3 Å². The van der Waals surface area contributed by atoms with Gasteiger partial charge in [0.25, 0.3) is 5.56 Å². The number of aromatic nitrogens is 3. The molecule has 3 aromatic rings. The predicted octanol–water partition coefficient (Wildman–Crippen LogP) is 1.21. The van der Waals surface area contributed by atoms with Crippen LogP contribution in [-0.4, -0.2) is 46.3 Å². The van der Waals surface area contributed by atoms with E-state index in [1.807, 2.05) is 0 Å². The molecular weight excluding hydrogens is 394 g/mol. The molecule has 2 aromatic heterocycles. The molecule has 1 aromatic carbocycles. The molecule has 1 saturated heterocycles. The molecule has 0 saturated carbocycles. The summed E-state index contributed by atoms with van der Waals surface area (Å²) < 4.78 is 27.8. The molecule has 1 aliphatic rings. The number of amides is 1. The number of hydrogen-bond acceptors (Lipinski definition) is 6. The van der Waals surface area contributed by atoms with E-state index in [0.717, 1.165) is 12.8 Å². The quantitative estimate of drug-likeness (QED) is 0.673. The molecule has 1 amide bonds. The Morgan fingerprint density at radius 1 is 1.07 bits per heavy atom. The maximum absolute atomic E-state index is 12.5. The number of nitrogens with zero attached hydrogens (tertiary/aromatic N) is 4. The monoisotopic (exact) mass is 413 g/mol. The van der Waals surface area contributed by atoms with Gasteiger partial charge in [-0.25, -0.2) is 18.4 Å². The Bertz CT molecular complexity index is 1220. The molecule has 0 atom stereocenters. The molecule has 10 heteroatoms. The summed E-state index contributed by atoms with van der Waals surface area (Å²) in [4.78, 5) is 33.0. The van der Waals surface area contributed by atoms with Crippen LogP contribution in [0.2, 0.25) is 0 Å². The number of fused-ring (bicyclic) bond motifs is 1. The predicted molar refractivity (Wildman–Crippen MR) is 107 cm³/mol. The molecule has 150 valence electrons. The number of benzene rings is 1. The minimum atomic E-state index is -3.50. The Hall–Kier alpha value is -3.11. The van der Waals surface area contributed by atoms with Crippen LogP contribution in [0, 0.1) is 0 Å². The molecule has 1 fully saturated rings. The summed E-state index contributed by atoms with van der Waals surface area (Å²) in [5, 5.41) is 3.00. The van der Waals surface area contributed by atoms with Crippen molar-refractivity contribution < 1.29 is 13.2 Å². The minimum absolute atomic E-state index is 0.194. The van der Waals surface area contributed by atoms with E-state index >= 15 is 0 Å². The van der Waals surface area contributed by atoms with Gasteiger partial charge in [-0.15, -0.1) is 0 Å². The second kappa shape index (κ2) is 7.72. The third-order valence-electron chi connectivity index (χ3n) is 4.75. The molecule has 1 N–H and O–H groups in total. The van der Waals surface area contributed by atoms with Gasteiger partial charge in [0.1, 0.15) is 12.9 Å². The number of anilines is 1. The van der Waals surface area contributed by atoms with Crippen molar-refractivity contribution in [3.05, 3.63) is 59.3 Å². The second-order valence-corrected chi connectivity index (χ2v) is 8.67. The molecule has 29 heavy (non-hydrogen) atoms. The first kappa shape index (κ1) is 19.2. The lowest BCUT2D eigenvalue weighted by Crippen LogP contribution is -2.28. The Balaban J connectivity index is 1.46. The van der Waals surface area contributed by atoms with Crippen LogP contribution in [0.4, 0.5) is 5.69 Å². The Morgan fingerprint density at radius 2 is 1.79 bits per heavy atom. The molecule has 0 bridgehead atoms. The zero-order chi connectivity index (χ0) is 20.4. The van der Waals surface area contributed by atoms with Gasteiger partial charge in [-0.1, -0.05) is 0 Å². The molecule has 1 aliphatic heterocycles. The van der Waals surface area contributed by atoms with E-state index in [0.29, 0.717) is 29.8 Å². The topological polar surface area (TPSA) is 114 Å². The SMILES string of the molecule is O=C(Cn1cnc2ncccc2c1=O)Nc1ccc(S(=O)(=O)N2CCCC2)cc1. The number of carbonyl (C=O) groups excluding carboxylic acids is 1. The fraction of sp³-hybridized carbons (Fsp3) is 0.263. The maximum Gasteiger partial charge on any atom is 0.263 e. The van der Waals surface area contributed by atoms with Gasteiger partial charge in [0, 0.05) is 25.0 Å². The molecular formula is C19H19N5O4S. The van der Waals surface area contributed by atoms with E-state index < -0.39 is 15.9 Å². The van der Waals surface area contributed by atoms with Crippen molar-refractivity contribution in [2.24, 2.45) is 0 Å². The van der Waals surface area contributed by atoms with Gasteiger partial charge in [-0.05, 0) is 49.2 Å². The zero-order valence-corrected chi connectivity index (χ0v) is 16.3. The first-order valence-corrected chi connectivity index (χ1v) is 10.6. The standard InChI is InChI=1S/C19H19N5O4S/c25-17(12-23-13-21-18-16(19(23)26)4-3-9-20-18)22-14-5-7-15(8-6-14)29(27,28)24-10-1-2-11-24/h3-9,13H,1-2,10-12H2,(H,22,25). The molecule has 0 radical (unpaired) electrons. The Kier molecular flexibility index (Phi) is 5.12. The lowest BCUT2D eigenvalue weighted by atomic mass is 10.3. The first-order valence-electron chi connectivity index (χ1n) is 9.15. The zero-order valence-electron chi connectivity index (χ0n) is 15.5. The molecule has 9 nitrogen and oxygen atoms in total. The highest BCUT2D eigenvalue weighted by molar-refractivity contribution is 7.89. The van der Waals surface area contributed by atoms with Crippen molar-refractivity contribution in [1.82, 2.24) is 18.8 Å². The van der Waals surface area contributed by atoms with Crippen LogP contribution in [0.5, 0.6) is 0 Å². The third kappa shape index (κ3) is 3.89. The van der Waals surface area contributed by atoms with Gasteiger partial charge in [0.05, 0.1) is 10.3 Å². The van der Waals surface area contributed by atoms with Gasteiger partial charge in [-0.2, -0.15) is 4.31 Å². The van der Waals surface area contributed by atoms with E-state index in [9.17, 15) is 18.0 Å². The first-order chi connectivity index (χ1) is 13.9. The fourth-order valence-corrected chi connectivity index (χ4v) is 4.77. The number of pyridine rings is 1. The molecule has 3 heterocycles. The number of nitrogens with one attached hydrogen (secondary N) is 1. The lowest BCUT2D eigenvalue weighted by Gasteiger charge is -2.15. The van der Waals surface area contributed by atoms with Crippen molar-refractivity contribution in [3.8, 4) is 0 Å². The van der Waals surface area contributed by atoms with E-state index in [1.54, 1.807) is 18.3 Å². The van der Waals surface area contributed by atoms with Crippen molar-refractivity contribution >= 4 is 32.7 Å². The summed E-state index contributed by atoms with van der Waals surface area (Å²) in [5.74, 6) is -0.424. The van der Waals surface area contributed by atoms with E-state index in [-0.39, 0.29) is 17.0 Å². The largest absolute Gasteiger partial charge is 0.325 e. The molecule has 0 unspecified atom stereocenters. The highest BCUT2D eigenvalue weighted by Gasteiger charge is 2.26. The number of hydrogen-bond donors (Lipinski definition) is 1. The van der Waals surface area contributed by atoms with Crippen molar-refractivity contribution in [1.29, 1.82) is 0 Å². The summed E-state index contributed by atoms with van der Waals surface area (Å²) >= 11 is 0. The Labute approximate surface area is 167 Å². The van der Waals surface area contributed by atoms with Gasteiger partial charge in [-0.3, -0.25) is 14.2 Å². The van der Waals surface area contributed by atoms with Crippen LogP contribution in [0.1, 0.15) is 12.8 Å². The average molecular weight is 413 g/mol. The van der Waals surface area contributed by atoms with Crippen LogP contribution in [0.3, 0.4) is 0 Å². The van der Waals surface area contributed by atoms with Crippen LogP contribution < -0.4 is 10.9 Å². The van der Waals surface area contributed by atoms with Crippen molar-refractivity contribution in [2.75, 3.05) is 18.4 Å². The maximum atomic E-state index is 12.5. The van der Waals surface area contributed by atoms with Crippen LogP contribution in [0.25, 0.3) is 11.0 Å². The van der Waals surface area contributed by atoms with Gasteiger partial charge >= 0.3 is 0 Å². The summed E-state index contributed by atoms with van der Waals surface area (Å²) in [7, 11) is -3.50. The average Bonchev–Trinajstić information content (AvgIpc) is 3.27. The van der Waals surface area contributed by atoms with Crippen molar-refractivity contribution in [2.45, 2.75) is 24.3 Å². The summed E-state index contributed by atoms with van der Waals surface area (Å²) in [5.41, 5.74) is 0.410. The lowest BCUT2D eigenvalue weighted by molar-refractivity contribution is -0.116. The molecule has 0 spiro atoms. The number of sulfonamides is 1. The van der Waals surface area contributed by atoms with E-state index in [4.69, 9.17) is 0 Å². The molecule has 0 aliphatic carbocycles. The van der Waals surface area contributed by atoms with Crippen LogP contribution in [0.15, 0.2) is 58.6 Å². The van der Waals surface area contributed by atoms with Gasteiger partial charge < -0.3 is 5.32 Å². The smallest absolute Gasteiger partial charge is 0.263 e. The normalized spacial score (nSPS) is 14.9. The highest BCUT2D eigenvalue weighted by Crippen LogP contribution is 2.22. The Morgan fingerprint density at radius 3 is 2.52 bits per heavy atom. The van der Waals surface area contributed by atoms with Crippen molar-refractivity contribution in [3.63, 3.8) is 0 Å². The van der Waals surface area contributed by atoms with E-state index in [1.165, 1.54) is 39.5 Å². The van der Waals surface area contributed by atoms with Gasteiger partial charge in [0.15, 0.2) is 5.65 Å².